The number of likely N-dealkylation sites (tertiary alicyclic amines) is 1. The van der Waals surface area contributed by atoms with E-state index in [0.717, 1.165) is 12.6 Å². The van der Waals surface area contributed by atoms with Crippen molar-refractivity contribution < 1.29 is 13.9 Å². The number of nitrogens with zero attached hydrogens (tertiary/aromatic N) is 3. The SMILES string of the molecule is COc1nc(C(=O)N2C[C@@H](CC(C)(C)C)[C@H](N)C2)ncc1F. The van der Waals surface area contributed by atoms with E-state index in [9.17, 15) is 9.18 Å². The molecule has 6 nitrogen and oxygen atoms in total. The summed E-state index contributed by atoms with van der Waals surface area (Å²) in [6.07, 6.45) is 1.88. The van der Waals surface area contributed by atoms with Crippen LogP contribution in [0.2, 0.25) is 0 Å². The molecule has 1 saturated heterocycles. The first-order valence-corrected chi connectivity index (χ1v) is 7.32. The summed E-state index contributed by atoms with van der Waals surface area (Å²) in [5.41, 5.74) is 6.30. The topological polar surface area (TPSA) is 81.3 Å². The molecule has 2 heterocycles. The van der Waals surface area contributed by atoms with Gasteiger partial charge in [0.15, 0.2) is 0 Å². The van der Waals surface area contributed by atoms with Crippen LogP contribution in [0.15, 0.2) is 6.20 Å². The number of hydrogen-bond donors (Lipinski definition) is 1. The Balaban J connectivity index is 2.11. The van der Waals surface area contributed by atoms with Gasteiger partial charge in [0.1, 0.15) is 0 Å². The highest BCUT2D eigenvalue weighted by molar-refractivity contribution is 5.90. The van der Waals surface area contributed by atoms with Gasteiger partial charge in [0.25, 0.3) is 11.8 Å². The first-order chi connectivity index (χ1) is 10.2. The fourth-order valence-corrected chi connectivity index (χ4v) is 2.80. The third-order valence-corrected chi connectivity index (χ3v) is 3.75. The zero-order chi connectivity index (χ0) is 16.5. The predicted octanol–water partition coefficient (Wildman–Crippen LogP) is 1.46. The van der Waals surface area contributed by atoms with Crippen molar-refractivity contribution >= 4 is 5.91 Å². The van der Waals surface area contributed by atoms with E-state index in [2.05, 4.69) is 30.7 Å². The van der Waals surface area contributed by atoms with Crippen LogP contribution in [0.25, 0.3) is 0 Å². The number of methoxy groups -OCH3 is 1. The molecule has 2 atom stereocenters. The van der Waals surface area contributed by atoms with E-state index in [-0.39, 0.29) is 35.0 Å². The third kappa shape index (κ3) is 3.71. The second kappa shape index (κ2) is 6.16. The summed E-state index contributed by atoms with van der Waals surface area (Å²) in [6.45, 7) is 7.48. The van der Waals surface area contributed by atoms with Crippen molar-refractivity contribution in [2.24, 2.45) is 17.1 Å². The molecule has 0 aliphatic carbocycles. The van der Waals surface area contributed by atoms with Crippen LogP contribution < -0.4 is 10.5 Å². The molecule has 122 valence electrons. The molecular formula is C15H23FN4O2. The minimum absolute atomic E-state index is 0.0643. The van der Waals surface area contributed by atoms with Gasteiger partial charge in [-0.1, -0.05) is 20.8 Å². The molecule has 0 unspecified atom stereocenters. The summed E-state index contributed by atoms with van der Waals surface area (Å²) in [6, 6.07) is -0.0643. The molecule has 22 heavy (non-hydrogen) atoms. The molecule has 0 bridgehead atoms. The highest BCUT2D eigenvalue weighted by Crippen LogP contribution is 2.30. The molecule has 1 amide bonds. The Kier molecular flexibility index (Phi) is 4.65. The maximum atomic E-state index is 13.3. The van der Waals surface area contributed by atoms with E-state index >= 15 is 0 Å². The van der Waals surface area contributed by atoms with Crippen molar-refractivity contribution in [3.05, 3.63) is 17.8 Å². The zero-order valence-electron chi connectivity index (χ0n) is 13.5. The van der Waals surface area contributed by atoms with Gasteiger partial charge >= 0.3 is 0 Å². The molecular weight excluding hydrogens is 287 g/mol. The standard InChI is InChI=1S/C15H23FN4O2/c1-15(2,3)5-9-7-20(8-11(9)17)14(21)12-18-6-10(16)13(19-12)22-4/h6,9,11H,5,7-8,17H2,1-4H3/t9-,11-/m1/s1. The lowest BCUT2D eigenvalue weighted by atomic mass is 9.83. The monoisotopic (exact) mass is 310 g/mol. The molecule has 2 rings (SSSR count). The van der Waals surface area contributed by atoms with Gasteiger partial charge in [0.2, 0.25) is 11.6 Å². The van der Waals surface area contributed by atoms with Gasteiger partial charge in [-0.2, -0.15) is 9.37 Å². The van der Waals surface area contributed by atoms with Crippen LogP contribution in [0.4, 0.5) is 4.39 Å². The smallest absolute Gasteiger partial charge is 0.291 e. The van der Waals surface area contributed by atoms with E-state index in [1.54, 1.807) is 4.90 Å². The minimum atomic E-state index is -0.692. The number of nitrogens with two attached hydrogens (primary N) is 1. The summed E-state index contributed by atoms with van der Waals surface area (Å²) in [5.74, 6) is -1.09. The van der Waals surface area contributed by atoms with Gasteiger partial charge in [-0.3, -0.25) is 4.79 Å². The molecule has 1 aliphatic heterocycles. The van der Waals surface area contributed by atoms with E-state index in [1.165, 1.54) is 7.11 Å². The quantitative estimate of drug-likeness (QED) is 0.914. The van der Waals surface area contributed by atoms with Crippen LogP contribution in [0.5, 0.6) is 5.88 Å². The molecule has 2 N–H and O–H groups in total. The van der Waals surface area contributed by atoms with Crippen molar-refractivity contribution in [3.63, 3.8) is 0 Å². The molecule has 1 aromatic heterocycles. The van der Waals surface area contributed by atoms with Crippen molar-refractivity contribution in [2.75, 3.05) is 20.2 Å². The van der Waals surface area contributed by atoms with Crippen LogP contribution in [-0.2, 0) is 0 Å². The summed E-state index contributed by atoms with van der Waals surface area (Å²) in [5, 5.41) is 0. The van der Waals surface area contributed by atoms with E-state index < -0.39 is 5.82 Å². The number of rotatable bonds is 3. The number of aromatic nitrogens is 2. The number of halogens is 1. The highest BCUT2D eigenvalue weighted by Gasteiger charge is 2.36. The van der Waals surface area contributed by atoms with Gasteiger partial charge < -0.3 is 15.4 Å². The molecule has 0 radical (unpaired) electrons. The van der Waals surface area contributed by atoms with Crippen molar-refractivity contribution in [1.29, 1.82) is 0 Å². The summed E-state index contributed by atoms with van der Waals surface area (Å²) < 4.78 is 18.1. The van der Waals surface area contributed by atoms with Crippen LogP contribution in [-0.4, -0.2) is 47.0 Å². The molecule has 1 aliphatic rings. The Bertz CT molecular complexity index is 559. The van der Waals surface area contributed by atoms with Crippen LogP contribution in [0, 0.1) is 17.2 Å². The lowest BCUT2D eigenvalue weighted by Gasteiger charge is -2.24. The lowest BCUT2D eigenvalue weighted by Crippen LogP contribution is -2.33. The fourth-order valence-electron chi connectivity index (χ4n) is 2.80. The number of carbonyl (C=O) groups excluding carboxylic acids is 1. The Hall–Kier alpha value is -1.76. The predicted molar refractivity (Wildman–Crippen MR) is 80.0 cm³/mol. The maximum Gasteiger partial charge on any atom is 0.291 e. The van der Waals surface area contributed by atoms with E-state index in [0.29, 0.717) is 13.1 Å². The number of ether oxygens (including phenoxy) is 1. The molecule has 1 aromatic rings. The third-order valence-electron chi connectivity index (χ3n) is 3.75. The second-order valence-electron chi connectivity index (χ2n) is 6.95. The first-order valence-electron chi connectivity index (χ1n) is 7.32. The first kappa shape index (κ1) is 16.6. The maximum absolute atomic E-state index is 13.3. The molecule has 1 fully saturated rings. The molecule has 0 saturated carbocycles. The average molecular weight is 310 g/mol. The van der Waals surface area contributed by atoms with Gasteiger partial charge in [-0.05, 0) is 17.8 Å². The molecule has 0 aromatic carbocycles. The normalized spacial score (nSPS) is 22.0. The summed E-state index contributed by atoms with van der Waals surface area (Å²) in [7, 11) is 1.30. The van der Waals surface area contributed by atoms with Crippen LogP contribution >= 0.6 is 0 Å². The molecule has 7 heteroatoms. The van der Waals surface area contributed by atoms with Gasteiger partial charge in [0.05, 0.1) is 13.3 Å². The molecule has 0 spiro atoms. The van der Waals surface area contributed by atoms with Crippen LogP contribution in [0.1, 0.15) is 37.8 Å². The van der Waals surface area contributed by atoms with Crippen molar-refractivity contribution in [2.45, 2.75) is 33.2 Å². The van der Waals surface area contributed by atoms with Crippen molar-refractivity contribution in [1.82, 2.24) is 14.9 Å². The average Bonchev–Trinajstić information content (AvgIpc) is 2.78. The van der Waals surface area contributed by atoms with Gasteiger partial charge in [-0.15, -0.1) is 0 Å². The Morgan fingerprint density at radius 2 is 2.18 bits per heavy atom. The fraction of sp³-hybridized carbons (Fsp3) is 0.667. The van der Waals surface area contributed by atoms with Crippen molar-refractivity contribution in [3.8, 4) is 5.88 Å². The largest absolute Gasteiger partial charge is 0.479 e. The summed E-state index contributed by atoms with van der Waals surface area (Å²) >= 11 is 0. The summed E-state index contributed by atoms with van der Waals surface area (Å²) in [4.78, 5) is 21.7. The highest BCUT2D eigenvalue weighted by atomic mass is 19.1. The lowest BCUT2D eigenvalue weighted by molar-refractivity contribution is 0.0769. The number of hydrogen-bond acceptors (Lipinski definition) is 5. The van der Waals surface area contributed by atoms with Gasteiger partial charge in [-0.25, -0.2) is 4.98 Å². The van der Waals surface area contributed by atoms with Crippen LogP contribution in [0.3, 0.4) is 0 Å². The zero-order valence-corrected chi connectivity index (χ0v) is 13.5. The van der Waals surface area contributed by atoms with Gasteiger partial charge in [0, 0.05) is 19.1 Å². The van der Waals surface area contributed by atoms with E-state index in [1.807, 2.05) is 0 Å². The second-order valence-corrected chi connectivity index (χ2v) is 6.95. The Morgan fingerprint density at radius 1 is 1.50 bits per heavy atom. The van der Waals surface area contributed by atoms with E-state index in [4.69, 9.17) is 10.5 Å². The Morgan fingerprint density at radius 3 is 2.77 bits per heavy atom. The number of carbonyl (C=O) groups is 1. The Labute approximate surface area is 129 Å². The number of amides is 1. The minimum Gasteiger partial charge on any atom is -0.479 e.